The fraction of sp³-hybridized carbons (Fsp3) is 0.400. The Hall–Kier alpha value is -2.32. The molecule has 1 N–H and O–H groups in total. The molecule has 5 nitrogen and oxygen atoms in total. The van der Waals surface area contributed by atoms with Gasteiger partial charge < -0.3 is 15.0 Å². The SMILES string of the molecule is O=C(Nc1sc2c(c1C(=O)N1CCOCC1)CCCC2)c1cc(F)ccc1F. The molecule has 2 amide bonds. The molecule has 148 valence electrons. The van der Waals surface area contributed by atoms with Crippen molar-refractivity contribution in [1.29, 1.82) is 0 Å². The summed E-state index contributed by atoms with van der Waals surface area (Å²) in [5, 5.41) is 3.08. The summed E-state index contributed by atoms with van der Waals surface area (Å²) in [6.07, 6.45) is 3.65. The lowest BCUT2D eigenvalue weighted by Crippen LogP contribution is -2.41. The van der Waals surface area contributed by atoms with Crippen molar-refractivity contribution in [3.63, 3.8) is 0 Å². The van der Waals surface area contributed by atoms with Gasteiger partial charge in [-0.1, -0.05) is 0 Å². The highest BCUT2D eigenvalue weighted by atomic mass is 32.1. The van der Waals surface area contributed by atoms with E-state index >= 15 is 0 Å². The van der Waals surface area contributed by atoms with E-state index in [2.05, 4.69) is 5.32 Å². The molecule has 0 radical (unpaired) electrons. The van der Waals surface area contributed by atoms with Crippen molar-refractivity contribution in [1.82, 2.24) is 4.90 Å². The van der Waals surface area contributed by atoms with Gasteiger partial charge in [-0.05, 0) is 49.4 Å². The molecule has 1 fully saturated rings. The molecular formula is C20H20F2N2O3S. The van der Waals surface area contributed by atoms with Crippen LogP contribution in [0.1, 0.15) is 44.0 Å². The van der Waals surface area contributed by atoms with Crippen LogP contribution < -0.4 is 5.32 Å². The van der Waals surface area contributed by atoms with E-state index in [0.29, 0.717) is 36.9 Å². The molecule has 2 heterocycles. The predicted octanol–water partition coefficient (Wildman–Crippen LogP) is 3.63. The summed E-state index contributed by atoms with van der Waals surface area (Å²) in [4.78, 5) is 28.6. The van der Waals surface area contributed by atoms with E-state index in [1.807, 2.05) is 0 Å². The van der Waals surface area contributed by atoms with Gasteiger partial charge in [0.2, 0.25) is 0 Å². The zero-order valence-corrected chi connectivity index (χ0v) is 16.0. The molecule has 0 spiro atoms. The number of halogens is 2. The summed E-state index contributed by atoms with van der Waals surface area (Å²) in [6.45, 7) is 1.95. The Bertz CT molecular complexity index is 922. The standard InChI is InChI=1S/C20H20F2N2O3S/c21-12-5-6-15(22)14(11-12)18(25)23-19-17(13-3-1-2-4-16(13)28-19)20(26)24-7-9-27-10-8-24/h5-6,11H,1-4,7-10H2,(H,23,25). The topological polar surface area (TPSA) is 58.6 Å². The number of fused-ring (bicyclic) bond motifs is 1. The predicted molar refractivity (Wildman–Crippen MR) is 102 cm³/mol. The Morgan fingerprint density at radius 1 is 1.11 bits per heavy atom. The van der Waals surface area contributed by atoms with E-state index in [9.17, 15) is 18.4 Å². The Morgan fingerprint density at radius 3 is 2.64 bits per heavy atom. The number of thiophene rings is 1. The Kier molecular flexibility index (Phi) is 5.41. The fourth-order valence-corrected chi connectivity index (χ4v) is 4.92. The van der Waals surface area contributed by atoms with Gasteiger partial charge in [0, 0.05) is 18.0 Å². The maximum atomic E-state index is 14.0. The third-order valence-corrected chi connectivity index (χ3v) is 6.29. The second-order valence-corrected chi connectivity index (χ2v) is 8.00. The van der Waals surface area contributed by atoms with Gasteiger partial charge in [0.25, 0.3) is 11.8 Å². The van der Waals surface area contributed by atoms with E-state index in [1.165, 1.54) is 11.3 Å². The van der Waals surface area contributed by atoms with E-state index in [1.54, 1.807) is 4.90 Å². The van der Waals surface area contributed by atoms with E-state index in [0.717, 1.165) is 54.3 Å². The number of morpholine rings is 1. The van der Waals surface area contributed by atoms with Crippen molar-refractivity contribution in [2.24, 2.45) is 0 Å². The molecule has 0 bridgehead atoms. The van der Waals surface area contributed by atoms with Crippen molar-refractivity contribution < 1.29 is 23.1 Å². The minimum Gasteiger partial charge on any atom is -0.378 e. The van der Waals surface area contributed by atoms with E-state index in [4.69, 9.17) is 4.74 Å². The minimum absolute atomic E-state index is 0.141. The number of hydrogen-bond acceptors (Lipinski definition) is 4. The van der Waals surface area contributed by atoms with Crippen LogP contribution in [0.2, 0.25) is 0 Å². The smallest absolute Gasteiger partial charge is 0.259 e. The van der Waals surface area contributed by atoms with Crippen LogP contribution in [0.4, 0.5) is 13.8 Å². The summed E-state index contributed by atoms with van der Waals surface area (Å²) in [5.41, 5.74) is 1.09. The summed E-state index contributed by atoms with van der Waals surface area (Å²) < 4.78 is 32.8. The quantitative estimate of drug-likeness (QED) is 0.847. The van der Waals surface area contributed by atoms with Crippen LogP contribution in [0.15, 0.2) is 18.2 Å². The van der Waals surface area contributed by atoms with Crippen molar-refractivity contribution in [3.05, 3.63) is 51.4 Å². The van der Waals surface area contributed by atoms with Gasteiger partial charge in [-0.15, -0.1) is 11.3 Å². The molecule has 0 saturated carbocycles. The van der Waals surface area contributed by atoms with Gasteiger partial charge in [0.15, 0.2) is 0 Å². The Labute approximate surface area is 165 Å². The van der Waals surface area contributed by atoms with Crippen LogP contribution in [-0.4, -0.2) is 43.0 Å². The van der Waals surface area contributed by atoms with Crippen molar-refractivity contribution >= 4 is 28.2 Å². The van der Waals surface area contributed by atoms with Crippen LogP contribution >= 0.6 is 11.3 Å². The molecular weight excluding hydrogens is 386 g/mol. The average Bonchev–Trinajstić information content (AvgIpc) is 3.07. The lowest BCUT2D eigenvalue weighted by atomic mass is 9.95. The van der Waals surface area contributed by atoms with Gasteiger partial charge in [-0.3, -0.25) is 9.59 Å². The number of anilines is 1. The lowest BCUT2D eigenvalue weighted by Gasteiger charge is -2.27. The molecule has 1 saturated heterocycles. The number of aryl methyl sites for hydroxylation is 1. The summed E-state index contributed by atoms with van der Waals surface area (Å²) in [6, 6.07) is 2.74. The Balaban J connectivity index is 1.68. The van der Waals surface area contributed by atoms with Gasteiger partial charge in [0.1, 0.15) is 16.6 Å². The number of nitrogens with zero attached hydrogens (tertiary/aromatic N) is 1. The highest BCUT2D eigenvalue weighted by Gasteiger charge is 2.30. The van der Waals surface area contributed by atoms with Crippen LogP contribution in [0.25, 0.3) is 0 Å². The molecule has 28 heavy (non-hydrogen) atoms. The molecule has 8 heteroatoms. The number of benzene rings is 1. The number of ether oxygens (including phenoxy) is 1. The van der Waals surface area contributed by atoms with Crippen molar-refractivity contribution in [3.8, 4) is 0 Å². The normalized spacial score (nSPS) is 16.6. The minimum atomic E-state index is -0.804. The Morgan fingerprint density at radius 2 is 1.86 bits per heavy atom. The number of amides is 2. The van der Waals surface area contributed by atoms with E-state index < -0.39 is 17.5 Å². The second kappa shape index (κ2) is 7.97. The molecule has 2 aliphatic rings. The molecule has 0 atom stereocenters. The number of carbonyl (C=O) groups is 2. The summed E-state index contributed by atoms with van der Waals surface area (Å²) in [5.74, 6) is -2.40. The highest BCUT2D eigenvalue weighted by Crippen LogP contribution is 2.39. The molecule has 1 aromatic carbocycles. The first-order chi connectivity index (χ1) is 13.5. The number of carbonyl (C=O) groups excluding carboxylic acids is 2. The second-order valence-electron chi connectivity index (χ2n) is 6.90. The zero-order chi connectivity index (χ0) is 19.7. The molecule has 0 unspecified atom stereocenters. The number of rotatable bonds is 3. The molecule has 2 aromatic rings. The monoisotopic (exact) mass is 406 g/mol. The molecule has 1 aromatic heterocycles. The first kappa shape index (κ1) is 19.0. The maximum absolute atomic E-state index is 14.0. The van der Waals surface area contributed by atoms with Crippen LogP contribution in [-0.2, 0) is 17.6 Å². The summed E-state index contributed by atoms with van der Waals surface area (Å²) >= 11 is 1.36. The fourth-order valence-electron chi connectivity index (χ4n) is 3.65. The van der Waals surface area contributed by atoms with Crippen LogP contribution in [0, 0.1) is 11.6 Å². The van der Waals surface area contributed by atoms with Crippen LogP contribution in [0.5, 0.6) is 0 Å². The average molecular weight is 406 g/mol. The number of nitrogens with one attached hydrogen (secondary N) is 1. The van der Waals surface area contributed by atoms with Gasteiger partial charge in [-0.25, -0.2) is 8.78 Å². The van der Waals surface area contributed by atoms with Crippen LogP contribution in [0.3, 0.4) is 0 Å². The summed E-state index contributed by atoms with van der Waals surface area (Å²) in [7, 11) is 0. The first-order valence-corrected chi connectivity index (χ1v) is 10.1. The van der Waals surface area contributed by atoms with Gasteiger partial charge >= 0.3 is 0 Å². The molecule has 1 aliphatic carbocycles. The van der Waals surface area contributed by atoms with Crippen molar-refractivity contribution in [2.45, 2.75) is 25.7 Å². The van der Waals surface area contributed by atoms with Crippen molar-refractivity contribution in [2.75, 3.05) is 31.6 Å². The van der Waals surface area contributed by atoms with E-state index in [-0.39, 0.29) is 11.5 Å². The third kappa shape index (κ3) is 3.66. The zero-order valence-electron chi connectivity index (χ0n) is 15.2. The third-order valence-electron chi connectivity index (χ3n) is 5.08. The molecule has 4 rings (SSSR count). The van der Waals surface area contributed by atoms with Gasteiger partial charge in [0.05, 0.1) is 24.3 Å². The number of hydrogen-bond donors (Lipinski definition) is 1. The van der Waals surface area contributed by atoms with Gasteiger partial charge in [-0.2, -0.15) is 0 Å². The lowest BCUT2D eigenvalue weighted by molar-refractivity contribution is 0.0303. The maximum Gasteiger partial charge on any atom is 0.259 e. The molecule has 1 aliphatic heterocycles. The highest BCUT2D eigenvalue weighted by molar-refractivity contribution is 7.17. The first-order valence-electron chi connectivity index (χ1n) is 9.32. The largest absolute Gasteiger partial charge is 0.378 e.